The number of ether oxygens (including phenoxy) is 1. The van der Waals surface area contributed by atoms with Crippen LogP contribution in [0.3, 0.4) is 0 Å². The highest BCUT2D eigenvalue weighted by Gasteiger charge is 2.17. The van der Waals surface area contributed by atoms with E-state index in [0.717, 1.165) is 6.61 Å². The summed E-state index contributed by atoms with van der Waals surface area (Å²) in [6.45, 7) is 0.914. The van der Waals surface area contributed by atoms with Gasteiger partial charge in [0.1, 0.15) is 0 Å². The van der Waals surface area contributed by atoms with Crippen molar-refractivity contribution < 1.29 is 4.74 Å². The van der Waals surface area contributed by atoms with Gasteiger partial charge in [0.05, 0.1) is 6.10 Å². The van der Waals surface area contributed by atoms with Gasteiger partial charge in [0.25, 0.3) is 0 Å². The third-order valence-electron chi connectivity index (χ3n) is 3.07. The standard InChI is InChI=1S/C14H14O.CH5N/c1-2-5-12-10-13(8-7-11(12)4-1)14-6-3-9-15-14;1-2/h1-2,4-5,7-8,10,14H,3,6,9H2;2H2,1H3/t14-;/m0./s1. The Morgan fingerprint density at radius 1 is 1.06 bits per heavy atom. The van der Waals surface area contributed by atoms with E-state index in [0.29, 0.717) is 6.10 Å². The molecule has 2 heteroatoms. The van der Waals surface area contributed by atoms with Gasteiger partial charge in [0.2, 0.25) is 0 Å². The molecule has 0 aromatic heterocycles. The van der Waals surface area contributed by atoms with E-state index in [1.807, 2.05) is 0 Å². The van der Waals surface area contributed by atoms with Crippen molar-refractivity contribution in [3.8, 4) is 0 Å². The SMILES string of the molecule is CN.c1ccc2cc([C@@H]3CCCO3)ccc2c1. The molecular formula is C15H19NO. The fourth-order valence-corrected chi connectivity index (χ4v) is 2.25. The zero-order chi connectivity index (χ0) is 12.1. The monoisotopic (exact) mass is 229 g/mol. The molecule has 1 fully saturated rings. The van der Waals surface area contributed by atoms with Crippen LogP contribution in [0.1, 0.15) is 24.5 Å². The van der Waals surface area contributed by atoms with E-state index in [9.17, 15) is 0 Å². The summed E-state index contributed by atoms with van der Waals surface area (Å²) in [7, 11) is 1.50. The van der Waals surface area contributed by atoms with Crippen LogP contribution in [0.2, 0.25) is 0 Å². The van der Waals surface area contributed by atoms with Crippen molar-refractivity contribution in [1.29, 1.82) is 0 Å². The largest absolute Gasteiger partial charge is 0.374 e. The summed E-state index contributed by atoms with van der Waals surface area (Å²) in [4.78, 5) is 0. The van der Waals surface area contributed by atoms with Crippen LogP contribution in [0.25, 0.3) is 10.8 Å². The predicted octanol–water partition coefficient (Wildman–Crippen LogP) is 3.27. The average molecular weight is 229 g/mol. The minimum Gasteiger partial charge on any atom is -0.374 e. The molecule has 3 rings (SSSR count). The molecule has 1 aliphatic heterocycles. The number of fused-ring (bicyclic) bond motifs is 1. The molecule has 0 amide bonds. The molecule has 2 nitrogen and oxygen atoms in total. The van der Waals surface area contributed by atoms with Gasteiger partial charge < -0.3 is 10.5 Å². The highest BCUT2D eigenvalue weighted by atomic mass is 16.5. The van der Waals surface area contributed by atoms with Crippen molar-refractivity contribution in [1.82, 2.24) is 0 Å². The number of nitrogens with two attached hydrogens (primary N) is 1. The van der Waals surface area contributed by atoms with E-state index in [1.165, 1.54) is 36.2 Å². The third kappa shape index (κ3) is 2.65. The molecular weight excluding hydrogens is 210 g/mol. The molecule has 1 heterocycles. The molecule has 2 aromatic carbocycles. The molecule has 0 unspecified atom stereocenters. The zero-order valence-electron chi connectivity index (χ0n) is 10.2. The maximum Gasteiger partial charge on any atom is 0.0826 e. The first-order valence-corrected chi connectivity index (χ1v) is 6.11. The maximum absolute atomic E-state index is 5.69. The smallest absolute Gasteiger partial charge is 0.0826 e. The molecule has 1 atom stereocenters. The fourth-order valence-electron chi connectivity index (χ4n) is 2.25. The minimum absolute atomic E-state index is 0.328. The lowest BCUT2D eigenvalue weighted by atomic mass is 10.0. The highest BCUT2D eigenvalue weighted by molar-refractivity contribution is 5.83. The first-order valence-electron chi connectivity index (χ1n) is 6.11. The van der Waals surface area contributed by atoms with Gasteiger partial charge in [-0.15, -0.1) is 0 Å². The lowest BCUT2D eigenvalue weighted by Gasteiger charge is -2.10. The Kier molecular flexibility index (Phi) is 4.13. The van der Waals surface area contributed by atoms with Crippen LogP contribution < -0.4 is 5.73 Å². The minimum atomic E-state index is 0.328. The van der Waals surface area contributed by atoms with Crippen molar-refractivity contribution in [2.45, 2.75) is 18.9 Å². The normalized spacial score (nSPS) is 18.8. The van der Waals surface area contributed by atoms with Crippen LogP contribution in [0.5, 0.6) is 0 Å². The predicted molar refractivity (Wildman–Crippen MR) is 72.0 cm³/mol. The van der Waals surface area contributed by atoms with Gasteiger partial charge in [-0.05, 0) is 42.3 Å². The summed E-state index contributed by atoms with van der Waals surface area (Å²) in [5.74, 6) is 0. The number of hydrogen-bond acceptors (Lipinski definition) is 2. The van der Waals surface area contributed by atoms with Crippen molar-refractivity contribution in [3.63, 3.8) is 0 Å². The van der Waals surface area contributed by atoms with Crippen molar-refractivity contribution in [2.24, 2.45) is 5.73 Å². The Bertz CT molecular complexity index is 475. The molecule has 90 valence electrons. The first-order chi connectivity index (χ1) is 8.43. The van der Waals surface area contributed by atoms with Crippen LogP contribution in [0.4, 0.5) is 0 Å². The molecule has 2 aromatic rings. The van der Waals surface area contributed by atoms with Crippen LogP contribution in [0, 0.1) is 0 Å². The Hall–Kier alpha value is -1.38. The van der Waals surface area contributed by atoms with Crippen LogP contribution in [0.15, 0.2) is 42.5 Å². The van der Waals surface area contributed by atoms with Crippen LogP contribution in [-0.2, 0) is 4.74 Å². The van der Waals surface area contributed by atoms with Gasteiger partial charge >= 0.3 is 0 Å². The van der Waals surface area contributed by atoms with E-state index in [-0.39, 0.29) is 0 Å². The van der Waals surface area contributed by atoms with Crippen molar-refractivity contribution in [2.75, 3.05) is 13.7 Å². The number of benzene rings is 2. The fraction of sp³-hybridized carbons (Fsp3) is 0.333. The second-order valence-corrected chi connectivity index (χ2v) is 4.11. The van der Waals surface area contributed by atoms with Gasteiger partial charge in [-0.3, -0.25) is 0 Å². The van der Waals surface area contributed by atoms with Gasteiger partial charge in [-0.25, -0.2) is 0 Å². The molecule has 2 N–H and O–H groups in total. The molecule has 1 saturated heterocycles. The summed E-state index contributed by atoms with van der Waals surface area (Å²) in [6.07, 6.45) is 2.69. The first kappa shape index (κ1) is 12.1. The molecule has 0 radical (unpaired) electrons. The highest BCUT2D eigenvalue weighted by Crippen LogP contribution is 2.30. The maximum atomic E-state index is 5.69. The average Bonchev–Trinajstić information content (AvgIpc) is 2.94. The quantitative estimate of drug-likeness (QED) is 0.814. The van der Waals surface area contributed by atoms with E-state index in [2.05, 4.69) is 48.2 Å². The van der Waals surface area contributed by atoms with Crippen LogP contribution >= 0.6 is 0 Å². The Morgan fingerprint density at radius 3 is 2.53 bits per heavy atom. The Balaban J connectivity index is 0.000000514. The summed E-state index contributed by atoms with van der Waals surface area (Å²) < 4.78 is 5.69. The molecule has 0 aliphatic carbocycles. The topological polar surface area (TPSA) is 35.2 Å². The van der Waals surface area contributed by atoms with Gasteiger partial charge in [0.15, 0.2) is 0 Å². The van der Waals surface area contributed by atoms with E-state index in [1.54, 1.807) is 0 Å². The van der Waals surface area contributed by atoms with Gasteiger partial charge in [-0.1, -0.05) is 36.4 Å². The lowest BCUT2D eigenvalue weighted by Crippen LogP contribution is -1.94. The summed E-state index contributed by atoms with van der Waals surface area (Å²) in [6, 6.07) is 15.1. The van der Waals surface area contributed by atoms with Crippen molar-refractivity contribution in [3.05, 3.63) is 48.0 Å². The third-order valence-corrected chi connectivity index (χ3v) is 3.07. The molecule has 0 saturated carbocycles. The van der Waals surface area contributed by atoms with Gasteiger partial charge in [0, 0.05) is 6.61 Å². The number of rotatable bonds is 1. The molecule has 1 aliphatic rings. The lowest BCUT2D eigenvalue weighted by molar-refractivity contribution is 0.112. The molecule has 0 bridgehead atoms. The summed E-state index contributed by atoms with van der Waals surface area (Å²) in [5, 5.41) is 2.62. The second-order valence-electron chi connectivity index (χ2n) is 4.11. The summed E-state index contributed by atoms with van der Waals surface area (Å²) >= 11 is 0. The molecule has 0 spiro atoms. The summed E-state index contributed by atoms with van der Waals surface area (Å²) in [5.41, 5.74) is 5.83. The Morgan fingerprint density at radius 2 is 1.82 bits per heavy atom. The van der Waals surface area contributed by atoms with Gasteiger partial charge in [-0.2, -0.15) is 0 Å². The zero-order valence-corrected chi connectivity index (χ0v) is 10.2. The van der Waals surface area contributed by atoms with E-state index >= 15 is 0 Å². The van der Waals surface area contributed by atoms with Crippen LogP contribution in [-0.4, -0.2) is 13.7 Å². The van der Waals surface area contributed by atoms with E-state index < -0.39 is 0 Å². The van der Waals surface area contributed by atoms with Crippen molar-refractivity contribution >= 4 is 10.8 Å². The second kappa shape index (κ2) is 5.80. The number of hydrogen-bond donors (Lipinski definition) is 1. The Labute approximate surface area is 102 Å². The van der Waals surface area contributed by atoms with E-state index in [4.69, 9.17) is 4.74 Å². The molecule has 17 heavy (non-hydrogen) atoms.